The summed E-state index contributed by atoms with van der Waals surface area (Å²) in [6.07, 6.45) is 5.58. The lowest BCUT2D eigenvalue weighted by Gasteiger charge is -2.04. The first-order valence-electron chi connectivity index (χ1n) is 7.94. The zero-order valence-corrected chi connectivity index (χ0v) is 15.5. The zero-order chi connectivity index (χ0) is 17.4. The molecule has 0 amide bonds. The molecule has 0 unspecified atom stereocenters. The van der Waals surface area contributed by atoms with Crippen molar-refractivity contribution in [1.82, 2.24) is 4.98 Å². The Hall–Kier alpha value is -1.92. The van der Waals surface area contributed by atoms with E-state index in [4.69, 9.17) is 21.7 Å². The van der Waals surface area contributed by atoms with Gasteiger partial charge in [-0.25, -0.2) is 4.79 Å². The van der Waals surface area contributed by atoms with Crippen molar-refractivity contribution >= 4 is 41.7 Å². The number of rotatable bonds is 7. The number of ether oxygens (including phenoxy) is 2. The van der Waals surface area contributed by atoms with Gasteiger partial charge in [-0.1, -0.05) is 25.5 Å². The third kappa shape index (κ3) is 5.62. The number of thiazole rings is 1. The Balaban J connectivity index is 2.25. The smallest absolute Gasteiger partial charge is 0.332 e. The van der Waals surface area contributed by atoms with Gasteiger partial charge in [0.15, 0.2) is 3.95 Å². The van der Waals surface area contributed by atoms with Crippen LogP contribution in [0.15, 0.2) is 24.3 Å². The molecule has 1 N–H and O–H groups in total. The summed E-state index contributed by atoms with van der Waals surface area (Å²) in [6.45, 7) is 4.99. The molecule has 0 aliphatic heterocycles. The van der Waals surface area contributed by atoms with Gasteiger partial charge in [0.2, 0.25) is 0 Å². The normalized spacial score (nSPS) is 12.4. The number of benzene rings is 1. The summed E-state index contributed by atoms with van der Waals surface area (Å²) in [5.74, 6) is 0.483. The van der Waals surface area contributed by atoms with Crippen LogP contribution in [0.2, 0.25) is 0 Å². The number of unbranched alkanes of at least 4 members (excludes halogenated alkanes) is 1. The summed E-state index contributed by atoms with van der Waals surface area (Å²) in [6, 6.07) is 7.86. The van der Waals surface area contributed by atoms with Gasteiger partial charge in [-0.3, -0.25) is 0 Å². The fourth-order valence-electron chi connectivity index (χ4n) is 2.01. The number of nitrogens with one attached hydrogen (secondary N) is 1. The van der Waals surface area contributed by atoms with E-state index in [-0.39, 0.29) is 5.97 Å². The van der Waals surface area contributed by atoms with E-state index in [1.165, 1.54) is 17.4 Å². The van der Waals surface area contributed by atoms with Gasteiger partial charge in [-0.2, -0.15) is 0 Å². The Kier molecular flexibility index (Phi) is 7.21. The minimum absolute atomic E-state index is 0.346. The summed E-state index contributed by atoms with van der Waals surface area (Å²) in [5, 5.41) is 0.673. The molecule has 0 atom stereocenters. The molecule has 0 saturated heterocycles. The van der Waals surface area contributed by atoms with E-state index in [1.807, 2.05) is 30.3 Å². The van der Waals surface area contributed by atoms with Crippen LogP contribution in [0, 0.1) is 3.95 Å². The molecule has 2 aromatic rings. The fraction of sp³-hybridized carbons (Fsp3) is 0.333. The van der Waals surface area contributed by atoms with Crippen LogP contribution in [-0.2, 0) is 9.53 Å². The molecule has 0 fully saturated rings. The highest BCUT2D eigenvalue weighted by Crippen LogP contribution is 2.13. The first kappa shape index (κ1) is 18.4. The van der Waals surface area contributed by atoms with Crippen LogP contribution in [0.4, 0.5) is 0 Å². The average Bonchev–Trinajstić information content (AvgIpc) is 2.88. The molecule has 0 aliphatic carbocycles. The van der Waals surface area contributed by atoms with Crippen molar-refractivity contribution in [2.75, 3.05) is 13.2 Å². The molecule has 4 nitrogen and oxygen atoms in total. The zero-order valence-electron chi connectivity index (χ0n) is 13.8. The van der Waals surface area contributed by atoms with Gasteiger partial charge in [0.05, 0.1) is 23.1 Å². The highest BCUT2D eigenvalue weighted by atomic mass is 32.1. The van der Waals surface area contributed by atoms with Crippen LogP contribution >= 0.6 is 23.6 Å². The number of carbonyl (C=O) groups excluding carboxylic acids is 1. The molecule has 0 radical (unpaired) electrons. The van der Waals surface area contributed by atoms with Gasteiger partial charge < -0.3 is 14.5 Å². The van der Waals surface area contributed by atoms with Gasteiger partial charge in [-0.15, -0.1) is 11.3 Å². The van der Waals surface area contributed by atoms with Crippen molar-refractivity contribution in [1.29, 1.82) is 0 Å². The van der Waals surface area contributed by atoms with Crippen molar-refractivity contribution in [3.8, 4) is 5.75 Å². The van der Waals surface area contributed by atoms with E-state index in [1.54, 1.807) is 6.92 Å². The number of carbonyl (C=O) groups is 1. The number of aromatic nitrogens is 1. The summed E-state index contributed by atoms with van der Waals surface area (Å²) >= 11 is 6.61. The summed E-state index contributed by atoms with van der Waals surface area (Å²) in [7, 11) is 0. The van der Waals surface area contributed by atoms with Crippen LogP contribution in [0.1, 0.15) is 32.3 Å². The van der Waals surface area contributed by atoms with Gasteiger partial charge in [0.25, 0.3) is 0 Å². The molecule has 24 heavy (non-hydrogen) atoms. The van der Waals surface area contributed by atoms with Crippen LogP contribution in [-0.4, -0.2) is 24.2 Å². The maximum absolute atomic E-state index is 11.6. The lowest BCUT2D eigenvalue weighted by molar-refractivity contribution is -0.135. The molecule has 1 aromatic carbocycles. The molecule has 128 valence electrons. The highest BCUT2D eigenvalue weighted by molar-refractivity contribution is 7.73. The van der Waals surface area contributed by atoms with Crippen molar-refractivity contribution in [2.24, 2.45) is 0 Å². The van der Waals surface area contributed by atoms with Crippen LogP contribution in [0.3, 0.4) is 0 Å². The minimum Gasteiger partial charge on any atom is -0.494 e. The lowest BCUT2D eigenvalue weighted by atomic mass is 10.2. The Morgan fingerprint density at radius 2 is 2.04 bits per heavy atom. The summed E-state index contributed by atoms with van der Waals surface area (Å²) < 4.78 is 12.1. The van der Waals surface area contributed by atoms with E-state index in [0.29, 0.717) is 15.9 Å². The standard InChI is InChI=1S/C18H21NO3S2/c1-3-5-10-22-14-8-6-13(7-9-14)11-16-15(19-18(23)24-16)12-17(20)21-4-2/h6-9,11-12H,3-5,10H2,1-2H3,(H,19,23)/b15-12-,16-11-. The molecular formula is C18H21NO3S2. The predicted octanol–water partition coefficient (Wildman–Crippen LogP) is 3.16. The van der Waals surface area contributed by atoms with E-state index >= 15 is 0 Å². The maximum atomic E-state index is 11.6. The lowest BCUT2D eigenvalue weighted by Crippen LogP contribution is -2.23. The number of H-pyrrole nitrogens is 1. The molecular weight excluding hydrogens is 342 g/mol. The van der Waals surface area contributed by atoms with Crippen molar-refractivity contribution in [2.45, 2.75) is 26.7 Å². The second-order valence-electron chi connectivity index (χ2n) is 5.10. The second kappa shape index (κ2) is 9.39. The monoisotopic (exact) mass is 363 g/mol. The van der Waals surface area contributed by atoms with Crippen molar-refractivity contribution < 1.29 is 14.3 Å². The summed E-state index contributed by atoms with van der Waals surface area (Å²) in [4.78, 5) is 14.7. The highest BCUT2D eigenvalue weighted by Gasteiger charge is 1.99. The third-order valence-corrected chi connectivity index (χ3v) is 4.40. The Morgan fingerprint density at radius 1 is 1.29 bits per heavy atom. The number of hydrogen-bond acceptors (Lipinski definition) is 5. The van der Waals surface area contributed by atoms with E-state index in [9.17, 15) is 4.79 Å². The van der Waals surface area contributed by atoms with Gasteiger partial charge in [-0.05, 0) is 49.3 Å². The largest absolute Gasteiger partial charge is 0.494 e. The van der Waals surface area contributed by atoms with Gasteiger partial charge in [0, 0.05) is 6.08 Å². The third-order valence-electron chi connectivity index (χ3n) is 3.20. The first-order valence-corrected chi connectivity index (χ1v) is 9.17. The molecule has 0 saturated carbocycles. The van der Waals surface area contributed by atoms with Crippen LogP contribution < -0.4 is 14.6 Å². The topological polar surface area (TPSA) is 51.3 Å². The van der Waals surface area contributed by atoms with E-state index < -0.39 is 0 Å². The molecule has 1 heterocycles. The molecule has 1 aromatic heterocycles. The molecule has 0 spiro atoms. The van der Waals surface area contributed by atoms with Crippen molar-refractivity contribution in [3.63, 3.8) is 0 Å². The second-order valence-corrected chi connectivity index (χ2v) is 6.82. The maximum Gasteiger partial charge on any atom is 0.332 e. The molecule has 0 bridgehead atoms. The Labute approximate surface area is 150 Å². The van der Waals surface area contributed by atoms with Crippen LogP contribution in [0.5, 0.6) is 5.75 Å². The first-order chi connectivity index (χ1) is 11.6. The molecule has 6 heteroatoms. The predicted molar refractivity (Wildman–Crippen MR) is 100 cm³/mol. The molecule has 0 aliphatic rings. The van der Waals surface area contributed by atoms with Gasteiger partial charge in [0.1, 0.15) is 5.75 Å². The minimum atomic E-state index is -0.379. The SMILES string of the molecule is CCCCOc1ccc(/C=c2\sc(=S)[nH]\c2=C/C(=O)OCC)cc1. The fourth-order valence-corrected chi connectivity index (χ4v) is 3.17. The summed E-state index contributed by atoms with van der Waals surface area (Å²) in [5.41, 5.74) is 1.02. The molecule has 2 rings (SSSR count). The van der Waals surface area contributed by atoms with Gasteiger partial charge >= 0.3 is 5.97 Å². The Morgan fingerprint density at radius 3 is 2.71 bits per heavy atom. The van der Waals surface area contributed by atoms with Crippen LogP contribution in [0.25, 0.3) is 12.2 Å². The van der Waals surface area contributed by atoms with Crippen molar-refractivity contribution in [3.05, 3.63) is 43.7 Å². The quantitative estimate of drug-likeness (QED) is 0.466. The average molecular weight is 364 g/mol. The van der Waals surface area contributed by atoms with E-state index in [2.05, 4.69) is 11.9 Å². The number of hydrogen-bond donors (Lipinski definition) is 1. The Bertz CT molecular complexity index is 834. The number of aromatic amines is 1. The number of esters is 1. The van der Waals surface area contributed by atoms with E-state index in [0.717, 1.165) is 35.3 Å².